The van der Waals surface area contributed by atoms with Crippen LogP contribution >= 0.6 is 11.6 Å². The molecule has 1 aromatic heterocycles. The zero-order chi connectivity index (χ0) is 13.9. The molecule has 0 aliphatic heterocycles. The second-order valence-electron chi connectivity index (χ2n) is 5.42. The molecule has 0 spiro atoms. The van der Waals surface area contributed by atoms with E-state index in [9.17, 15) is 9.59 Å². The first-order chi connectivity index (χ1) is 9.06. The quantitative estimate of drug-likeness (QED) is 0.832. The van der Waals surface area contributed by atoms with Gasteiger partial charge in [-0.2, -0.15) is 0 Å². The highest BCUT2D eigenvalue weighted by Gasteiger charge is 2.33. The van der Waals surface area contributed by atoms with E-state index in [0.717, 1.165) is 31.4 Å². The van der Waals surface area contributed by atoms with Crippen LogP contribution in [0.5, 0.6) is 0 Å². The van der Waals surface area contributed by atoms with Gasteiger partial charge in [-0.15, -0.1) is 11.6 Å². The number of amides is 1. The summed E-state index contributed by atoms with van der Waals surface area (Å²) in [7, 11) is 0. The first-order valence-corrected chi connectivity index (χ1v) is 7.13. The Kier molecular flexibility index (Phi) is 4.30. The number of aromatic nitrogens is 1. The van der Waals surface area contributed by atoms with E-state index >= 15 is 0 Å². The number of hydrogen-bond acceptors (Lipinski definition) is 2. The number of alkyl halides is 1. The monoisotopic (exact) mass is 282 g/mol. The predicted octanol–water partition coefficient (Wildman–Crippen LogP) is 2.21. The molecule has 5 heteroatoms. The van der Waals surface area contributed by atoms with Crippen molar-refractivity contribution in [2.24, 2.45) is 5.41 Å². The van der Waals surface area contributed by atoms with Gasteiger partial charge in [-0.1, -0.05) is 12.8 Å². The van der Waals surface area contributed by atoms with E-state index in [1.54, 1.807) is 6.92 Å². The Morgan fingerprint density at radius 3 is 2.74 bits per heavy atom. The first-order valence-electron chi connectivity index (χ1n) is 6.60. The Labute approximate surface area is 117 Å². The highest BCUT2D eigenvalue weighted by Crippen LogP contribution is 2.38. The molecule has 1 fully saturated rings. The third kappa shape index (κ3) is 3.18. The maximum atomic E-state index is 12.0. The fourth-order valence-corrected chi connectivity index (χ4v) is 2.96. The average Bonchev–Trinajstić information content (AvgIpc) is 2.85. The largest absolute Gasteiger partial charge is 0.364 e. The van der Waals surface area contributed by atoms with Crippen molar-refractivity contribution in [1.29, 1.82) is 0 Å². The molecule has 104 valence electrons. The minimum Gasteiger partial charge on any atom is -0.364 e. The predicted molar refractivity (Wildman–Crippen MR) is 75.8 cm³/mol. The molecule has 1 aliphatic rings. The first kappa shape index (κ1) is 14.1. The minimum absolute atomic E-state index is 0.00861. The molecular weight excluding hydrogens is 264 g/mol. The number of rotatable bonds is 4. The van der Waals surface area contributed by atoms with Crippen LogP contribution < -0.4 is 10.7 Å². The molecule has 0 saturated heterocycles. The number of carbonyl (C=O) groups excluding carboxylic acids is 1. The Bertz CT molecular complexity index is 518. The molecule has 2 N–H and O–H groups in total. The smallest absolute Gasteiger partial charge is 0.256 e. The summed E-state index contributed by atoms with van der Waals surface area (Å²) in [5.74, 6) is 0.231. The highest BCUT2D eigenvalue weighted by molar-refractivity contribution is 6.18. The SMILES string of the molecule is Cc1cc(=O)c(C(=O)NCC2(CCl)CCCC2)c[nH]1. The van der Waals surface area contributed by atoms with Crippen LogP contribution in [0, 0.1) is 12.3 Å². The molecule has 2 rings (SSSR count). The van der Waals surface area contributed by atoms with Gasteiger partial charge in [0.05, 0.1) is 0 Å². The van der Waals surface area contributed by atoms with Crippen LogP contribution in [-0.4, -0.2) is 23.3 Å². The summed E-state index contributed by atoms with van der Waals surface area (Å²) in [5, 5.41) is 2.85. The second-order valence-corrected chi connectivity index (χ2v) is 5.68. The van der Waals surface area contributed by atoms with Gasteiger partial charge < -0.3 is 10.3 Å². The summed E-state index contributed by atoms with van der Waals surface area (Å²) in [6, 6.07) is 1.43. The van der Waals surface area contributed by atoms with Crippen LogP contribution in [0.4, 0.5) is 0 Å². The van der Waals surface area contributed by atoms with E-state index in [0.29, 0.717) is 12.4 Å². The van der Waals surface area contributed by atoms with E-state index in [2.05, 4.69) is 10.3 Å². The third-order valence-electron chi connectivity index (χ3n) is 3.87. The molecule has 4 nitrogen and oxygen atoms in total. The van der Waals surface area contributed by atoms with Gasteiger partial charge in [0.15, 0.2) is 5.43 Å². The molecule has 0 radical (unpaired) electrons. The van der Waals surface area contributed by atoms with Crippen molar-refractivity contribution in [3.05, 3.63) is 33.7 Å². The number of pyridine rings is 1. The standard InChI is InChI=1S/C14H19ClN2O2/c1-10-6-12(18)11(7-16-10)13(19)17-9-14(8-15)4-2-3-5-14/h6-7H,2-5,8-9H2,1H3,(H,16,18)(H,17,19). The van der Waals surface area contributed by atoms with E-state index in [-0.39, 0.29) is 22.3 Å². The summed E-state index contributed by atoms with van der Waals surface area (Å²) in [6.45, 7) is 2.33. The van der Waals surface area contributed by atoms with Crippen LogP contribution in [0.1, 0.15) is 41.7 Å². The number of H-pyrrole nitrogens is 1. The fourth-order valence-electron chi connectivity index (χ4n) is 2.60. The van der Waals surface area contributed by atoms with Gasteiger partial charge in [0.1, 0.15) is 5.56 Å². The third-order valence-corrected chi connectivity index (χ3v) is 4.44. The number of hydrogen-bond donors (Lipinski definition) is 2. The van der Waals surface area contributed by atoms with E-state index in [4.69, 9.17) is 11.6 Å². The normalized spacial score (nSPS) is 17.4. The summed E-state index contributed by atoms with van der Waals surface area (Å²) in [6.07, 6.45) is 5.87. The minimum atomic E-state index is -0.322. The molecule has 1 amide bonds. The number of halogens is 1. The van der Waals surface area contributed by atoms with E-state index in [1.807, 2.05) is 0 Å². The van der Waals surface area contributed by atoms with Gasteiger partial charge in [-0.3, -0.25) is 9.59 Å². The molecule has 19 heavy (non-hydrogen) atoms. The van der Waals surface area contributed by atoms with Gasteiger partial charge in [0.2, 0.25) is 0 Å². The van der Waals surface area contributed by atoms with E-state index < -0.39 is 0 Å². The summed E-state index contributed by atoms with van der Waals surface area (Å²) >= 11 is 6.03. The van der Waals surface area contributed by atoms with Crippen LogP contribution in [-0.2, 0) is 0 Å². The zero-order valence-electron chi connectivity index (χ0n) is 11.1. The maximum Gasteiger partial charge on any atom is 0.256 e. The van der Waals surface area contributed by atoms with Crippen LogP contribution in [0.25, 0.3) is 0 Å². The Morgan fingerprint density at radius 1 is 1.47 bits per heavy atom. The van der Waals surface area contributed by atoms with Crippen molar-refractivity contribution in [3.63, 3.8) is 0 Å². The van der Waals surface area contributed by atoms with Gasteiger partial charge in [-0.25, -0.2) is 0 Å². The van der Waals surface area contributed by atoms with Crippen LogP contribution in [0.3, 0.4) is 0 Å². The Hall–Kier alpha value is -1.29. The lowest BCUT2D eigenvalue weighted by atomic mass is 9.88. The number of nitrogens with one attached hydrogen (secondary N) is 2. The van der Waals surface area contributed by atoms with Gasteiger partial charge in [0.25, 0.3) is 5.91 Å². The van der Waals surface area contributed by atoms with E-state index in [1.165, 1.54) is 12.3 Å². The topological polar surface area (TPSA) is 62.0 Å². The molecule has 1 aliphatic carbocycles. The molecule has 0 atom stereocenters. The lowest BCUT2D eigenvalue weighted by Gasteiger charge is -2.26. The highest BCUT2D eigenvalue weighted by atomic mass is 35.5. The molecule has 1 heterocycles. The van der Waals surface area contributed by atoms with Crippen molar-refractivity contribution < 1.29 is 4.79 Å². The van der Waals surface area contributed by atoms with Crippen molar-refractivity contribution in [2.75, 3.05) is 12.4 Å². The van der Waals surface area contributed by atoms with Crippen LogP contribution in [0.15, 0.2) is 17.1 Å². The zero-order valence-corrected chi connectivity index (χ0v) is 11.8. The average molecular weight is 283 g/mol. The summed E-state index contributed by atoms with van der Waals surface area (Å²) in [5.41, 5.74) is 0.664. The fraction of sp³-hybridized carbons (Fsp3) is 0.571. The lowest BCUT2D eigenvalue weighted by molar-refractivity contribution is 0.0933. The van der Waals surface area contributed by atoms with Gasteiger partial charge >= 0.3 is 0 Å². The molecule has 0 bridgehead atoms. The molecule has 1 aromatic rings. The molecule has 0 unspecified atom stereocenters. The molecular formula is C14H19ClN2O2. The van der Waals surface area contributed by atoms with Crippen molar-refractivity contribution in [1.82, 2.24) is 10.3 Å². The Balaban J connectivity index is 2.03. The molecule has 1 saturated carbocycles. The van der Waals surface area contributed by atoms with Crippen molar-refractivity contribution in [2.45, 2.75) is 32.6 Å². The maximum absolute atomic E-state index is 12.0. The summed E-state index contributed by atoms with van der Waals surface area (Å²) in [4.78, 5) is 26.6. The molecule has 0 aromatic carbocycles. The van der Waals surface area contributed by atoms with Crippen LogP contribution in [0.2, 0.25) is 0 Å². The van der Waals surface area contributed by atoms with Gasteiger partial charge in [0, 0.05) is 35.8 Å². The number of aryl methyl sites for hydroxylation is 1. The van der Waals surface area contributed by atoms with Crippen molar-refractivity contribution >= 4 is 17.5 Å². The van der Waals surface area contributed by atoms with Crippen molar-refractivity contribution in [3.8, 4) is 0 Å². The number of carbonyl (C=O) groups is 1. The lowest BCUT2D eigenvalue weighted by Crippen LogP contribution is -2.38. The Morgan fingerprint density at radius 2 is 2.16 bits per heavy atom. The second kappa shape index (κ2) is 5.78. The summed E-state index contributed by atoms with van der Waals surface area (Å²) < 4.78 is 0. The number of aromatic amines is 1. The van der Waals surface area contributed by atoms with Gasteiger partial charge in [-0.05, 0) is 19.8 Å².